The Labute approximate surface area is 213 Å². The number of aromatic nitrogens is 5. The van der Waals surface area contributed by atoms with E-state index in [1.165, 1.54) is 6.33 Å². The molecule has 1 aromatic carbocycles. The Morgan fingerprint density at radius 3 is 2.57 bits per heavy atom. The minimum atomic E-state index is -0.566. The molecule has 0 saturated carbocycles. The average Bonchev–Trinajstić information content (AvgIpc) is 3.50. The van der Waals surface area contributed by atoms with Crippen LogP contribution in [0.4, 0.5) is 16.4 Å². The minimum Gasteiger partial charge on any atom is -0.444 e. The summed E-state index contributed by atoms with van der Waals surface area (Å²) in [6.07, 6.45) is 3.38. The highest BCUT2D eigenvalue weighted by molar-refractivity contribution is 6.04. The van der Waals surface area contributed by atoms with E-state index in [-0.39, 0.29) is 18.0 Å². The second-order valence-corrected chi connectivity index (χ2v) is 9.87. The SMILES string of the molecule is CC(C)(C)OC(=O)N1CCC(n2nc(-c3ccc(C(=O)Nc4ccccn4)cc3)c3c(N)ncnc32)C1. The molecule has 1 saturated heterocycles. The number of nitrogens with one attached hydrogen (secondary N) is 1. The van der Waals surface area contributed by atoms with Crippen molar-refractivity contribution in [2.45, 2.75) is 38.8 Å². The van der Waals surface area contributed by atoms with E-state index in [9.17, 15) is 9.59 Å². The predicted molar refractivity (Wildman–Crippen MR) is 139 cm³/mol. The van der Waals surface area contributed by atoms with Crippen LogP contribution in [-0.2, 0) is 4.74 Å². The van der Waals surface area contributed by atoms with Crippen LogP contribution in [-0.4, -0.2) is 60.3 Å². The molecule has 11 nitrogen and oxygen atoms in total. The molecule has 11 heteroatoms. The number of carbonyl (C=O) groups is 2. The zero-order valence-electron chi connectivity index (χ0n) is 20.9. The van der Waals surface area contributed by atoms with Crippen molar-refractivity contribution in [2.24, 2.45) is 0 Å². The molecule has 1 aliphatic rings. The number of nitrogens with two attached hydrogens (primary N) is 1. The normalized spacial score (nSPS) is 15.6. The summed E-state index contributed by atoms with van der Waals surface area (Å²) in [7, 11) is 0. The van der Waals surface area contributed by atoms with Crippen LogP contribution in [0, 0.1) is 0 Å². The molecule has 190 valence electrons. The van der Waals surface area contributed by atoms with Crippen LogP contribution < -0.4 is 11.1 Å². The van der Waals surface area contributed by atoms with E-state index in [0.29, 0.717) is 53.4 Å². The number of rotatable bonds is 4. The number of pyridine rings is 1. The van der Waals surface area contributed by atoms with Gasteiger partial charge in [0.15, 0.2) is 5.65 Å². The number of anilines is 2. The van der Waals surface area contributed by atoms with Crippen LogP contribution in [0.25, 0.3) is 22.3 Å². The average molecular weight is 501 g/mol. The van der Waals surface area contributed by atoms with Crippen molar-refractivity contribution in [3.63, 3.8) is 0 Å². The molecule has 0 aliphatic carbocycles. The second-order valence-electron chi connectivity index (χ2n) is 9.87. The summed E-state index contributed by atoms with van der Waals surface area (Å²) in [5.74, 6) is 0.519. The van der Waals surface area contributed by atoms with Gasteiger partial charge in [-0.3, -0.25) is 4.79 Å². The molecule has 4 heterocycles. The molecule has 0 bridgehead atoms. The van der Waals surface area contributed by atoms with E-state index in [4.69, 9.17) is 15.6 Å². The number of carbonyl (C=O) groups excluding carboxylic acids is 2. The van der Waals surface area contributed by atoms with Gasteiger partial charge in [-0.25, -0.2) is 24.4 Å². The Bertz CT molecular complexity index is 1440. The fraction of sp³-hybridized carbons (Fsp3) is 0.308. The molecule has 1 fully saturated rings. The molecule has 0 radical (unpaired) electrons. The van der Waals surface area contributed by atoms with Gasteiger partial charge in [-0.05, 0) is 51.5 Å². The number of likely N-dealkylation sites (tertiary alicyclic amines) is 1. The fourth-order valence-corrected chi connectivity index (χ4v) is 4.29. The molecular weight excluding hydrogens is 472 g/mol. The van der Waals surface area contributed by atoms with Crippen molar-refractivity contribution in [3.05, 3.63) is 60.6 Å². The second kappa shape index (κ2) is 9.49. The lowest BCUT2D eigenvalue weighted by Gasteiger charge is -2.24. The summed E-state index contributed by atoms with van der Waals surface area (Å²) in [4.78, 5) is 39.6. The summed E-state index contributed by atoms with van der Waals surface area (Å²) in [6.45, 7) is 6.54. The van der Waals surface area contributed by atoms with E-state index in [1.807, 2.05) is 37.6 Å². The maximum atomic E-state index is 12.6. The van der Waals surface area contributed by atoms with Gasteiger partial charge in [0.05, 0.1) is 11.4 Å². The van der Waals surface area contributed by atoms with Gasteiger partial charge in [0.2, 0.25) is 0 Å². The first-order valence-corrected chi connectivity index (χ1v) is 12.0. The Balaban J connectivity index is 1.42. The summed E-state index contributed by atoms with van der Waals surface area (Å²) >= 11 is 0. The quantitative estimate of drug-likeness (QED) is 0.430. The maximum absolute atomic E-state index is 12.6. The lowest BCUT2D eigenvalue weighted by Crippen LogP contribution is -2.35. The molecule has 2 amide bonds. The van der Waals surface area contributed by atoms with Crippen LogP contribution in [0.15, 0.2) is 55.0 Å². The zero-order valence-corrected chi connectivity index (χ0v) is 20.9. The van der Waals surface area contributed by atoms with E-state index >= 15 is 0 Å². The van der Waals surface area contributed by atoms with Gasteiger partial charge >= 0.3 is 6.09 Å². The van der Waals surface area contributed by atoms with Gasteiger partial charge in [0, 0.05) is 30.4 Å². The van der Waals surface area contributed by atoms with Gasteiger partial charge in [-0.2, -0.15) is 5.10 Å². The van der Waals surface area contributed by atoms with E-state index in [2.05, 4.69) is 20.3 Å². The smallest absolute Gasteiger partial charge is 0.410 e. The molecule has 0 spiro atoms. The van der Waals surface area contributed by atoms with Gasteiger partial charge in [0.1, 0.15) is 29.3 Å². The standard InChI is InChI=1S/C26H28N8O3/c1-26(2,3)37-25(36)33-13-11-18(14-33)34-23-20(22(27)29-15-30-23)21(32-34)16-7-9-17(10-8-16)24(35)31-19-6-4-5-12-28-19/h4-10,12,15,18H,11,13-14H2,1-3H3,(H2,27,29,30)(H,28,31,35). The lowest BCUT2D eigenvalue weighted by molar-refractivity contribution is 0.0288. The highest BCUT2D eigenvalue weighted by Gasteiger charge is 2.33. The summed E-state index contributed by atoms with van der Waals surface area (Å²) < 4.78 is 7.34. The Kier molecular flexibility index (Phi) is 6.20. The maximum Gasteiger partial charge on any atom is 0.410 e. The van der Waals surface area contributed by atoms with E-state index < -0.39 is 5.60 Å². The third-order valence-corrected chi connectivity index (χ3v) is 6.01. The highest BCUT2D eigenvalue weighted by atomic mass is 16.6. The summed E-state index contributed by atoms with van der Waals surface area (Å²) in [5, 5.41) is 8.26. The molecule has 3 N–H and O–H groups in total. The van der Waals surface area contributed by atoms with Crippen LogP contribution in [0.3, 0.4) is 0 Å². The Morgan fingerprint density at radius 1 is 1.08 bits per heavy atom. The lowest BCUT2D eigenvalue weighted by atomic mass is 10.1. The zero-order chi connectivity index (χ0) is 26.2. The third kappa shape index (κ3) is 5.06. The summed E-state index contributed by atoms with van der Waals surface area (Å²) in [5.41, 5.74) is 8.14. The molecular formula is C26H28N8O3. The monoisotopic (exact) mass is 500 g/mol. The van der Waals surface area contributed by atoms with Crippen LogP contribution in [0.5, 0.6) is 0 Å². The first-order valence-electron chi connectivity index (χ1n) is 12.0. The van der Waals surface area contributed by atoms with Gasteiger partial charge in [-0.1, -0.05) is 18.2 Å². The minimum absolute atomic E-state index is 0.0958. The third-order valence-electron chi connectivity index (χ3n) is 6.01. The number of amides is 2. The van der Waals surface area contributed by atoms with E-state index in [1.54, 1.807) is 41.4 Å². The number of hydrogen-bond donors (Lipinski definition) is 2. The van der Waals surface area contributed by atoms with Crippen molar-refractivity contribution < 1.29 is 14.3 Å². The summed E-state index contributed by atoms with van der Waals surface area (Å²) in [6, 6.07) is 12.3. The van der Waals surface area contributed by atoms with E-state index in [0.717, 1.165) is 5.56 Å². The number of nitrogens with zero attached hydrogens (tertiary/aromatic N) is 6. The number of hydrogen-bond acceptors (Lipinski definition) is 8. The van der Waals surface area contributed by atoms with Crippen molar-refractivity contribution in [2.75, 3.05) is 24.1 Å². The predicted octanol–water partition coefficient (Wildman–Crippen LogP) is 3.90. The fourth-order valence-electron chi connectivity index (χ4n) is 4.29. The molecule has 3 aromatic heterocycles. The number of fused-ring (bicyclic) bond motifs is 1. The Morgan fingerprint density at radius 2 is 1.86 bits per heavy atom. The Hall–Kier alpha value is -4.54. The van der Waals surface area contributed by atoms with Crippen LogP contribution in [0.1, 0.15) is 43.6 Å². The number of benzene rings is 1. The molecule has 4 aromatic rings. The highest BCUT2D eigenvalue weighted by Crippen LogP contribution is 2.34. The number of nitrogen functional groups attached to an aromatic ring is 1. The molecule has 1 aliphatic heterocycles. The first kappa shape index (κ1) is 24.2. The topological polar surface area (TPSA) is 141 Å². The molecule has 1 atom stereocenters. The van der Waals surface area contributed by atoms with Crippen molar-refractivity contribution in [3.8, 4) is 11.3 Å². The molecule has 5 rings (SSSR count). The van der Waals surface area contributed by atoms with Crippen LogP contribution in [0.2, 0.25) is 0 Å². The largest absolute Gasteiger partial charge is 0.444 e. The van der Waals surface area contributed by atoms with Gasteiger partial charge in [-0.15, -0.1) is 0 Å². The van der Waals surface area contributed by atoms with Crippen molar-refractivity contribution in [1.29, 1.82) is 0 Å². The molecule has 1 unspecified atom stereocenters. The van der Waals surface area contributed by atoms with Crippen molar-refractivity contribution in [1.82, 2.24) is 29.6 Å². The molecule has 37 heavy (non-hydrogen) atoms. The first-order chi connectivity index (χ1) is 17.7. The van der Waals surface area contributed by atoms with Crippen LogP contribution >= 0.6 is 0 Å². The van der Waals surface area contributed by atoms with Crippen molar-refractivity contribution >= 4 is 34.7 Å². The van der Waals surface area contributed by atoms with Gasteiger partial charge < -0.3 is 20.7 Å². The van der Waals surface area contributed by atoms with Gasteiger partial charge in [0.25, 0.3) is 5.91 Å². The number of ether oxygens (including phenoxy) is 1.